The fourth-order valence-electron chi connectivity index (χ4n) is 3.94. The van der Waals surface area contributed by atoms with E-state index in [1.165, 1.54) is 0 Å². The first-order valence-corrected chi connectivity index (χ1v) is 10.8. The lowest BCUT2D eigenvalue weighted by Crippen LogP contribution is -2.27. The molecule has 4 rings (SSSR count). The number of benzene rings is 2. The van der Waals surface area contributed by atoms with E-state index in [-0.39, 0.29) is 30.6 Å². The molecule has 0 aliphatic carbocycles. The maximum Gasteiger partial charge on any atom is 0.216 e. The Morgan fingerprint density at radius 2 is 1.61 bits per heavy atom. The van der Waals surface area contributed by atoms with E-state index in [0.29, 0.717) is 5.69 Å². The number of ketones is 1. The number of imidazole rings is 2. The Bertz CT molecular complexity index is 1180. The number of fused-ring (bicyclic) bond motifs is 3. The van der Waals surface area contributed by atoms with Crippen LogP contribution in [0.15, 0.2) is 53.0 Å². The third-order valence-electron chi connectivity index (χ3n) is 5.50. The van der Waals surface area contributed by atoms with E-state index >= 15 is 0 Å². The van der Waals surface area contributed by atoms with Crippen molar-refractivity contribution in [3.05, 3.63) is 58.7 Å². The van der Waals surface area contributed by atoms with Crippen LogP contribution in [0.3, 0.4) is 0 Å². The van der Waals surface area contributed by atoms with Crippen molar-refractivity contribution in [3.63, 3.8) is 0 Å². The van der Waals surface area contributed by atoms with Crippen molar-refractivity contribution in [2.24, 2.45) is 0 Å². The third kappa shape index (κ3) is 4.67. The van der Waals surface area contributed by atoms with Gasteiger partial charge in [0.05, 0.1) is 11.0 Å². The van der Waals surface area contributed by atoms with Gasteiger partial charge in [0.25, 0.3) is 0 Å². The highest BCUT2D eigenvalue weighted by Gasteiger charge is 2.23. The normalized spacial score (nSPS) is 11.0. The number of rotatable bonds is 7. The zero-order chi connectivity index (χ0) is 20.5. The lowest BCUT2D eigenvalue weighted by atomic mass is 10.1. The quantitative estimate of drug-likeness (QED) is 0.273. The summed E-state index contributed by atoms with van der Waals surface area (Å²) in [6.45, 7) is 9.79. The average molecular weight is 526 g/mol. The molecule has 0 saturated heterocycles. The molecular weight excluding hydrogens is 499 g/mol. The molecule has 0 amide bonds. The van der Waals surface area contributed by atoms with Gasteiger partial charge in [-0.2, -0.15) is 0 Å². The number of aromatic nitrogens is 3. The number of likely N-dealkylation sites (N-methyl/N-ethyl adjacent to an activating group) is 1. The smallest absolute Gasteiger partial charge is 0.216 e. The summed E-state index contributed by atoms with van der Waals surface area (Å²) in [5.74, 6) is 0.837. The first kappa shape index (κ1) is 25.4. The topological polar surface area (TPSA) is 42.5 Å². The van der Waals surface area contributed by atoms with Crippen molar-refractivity contribution in [2.75, 3.05) is 19.6 Å². The summed E-state index contributed by atoms with van der Waals surface area (Å²) < 4.78 is 5.27. The van der Waals surface area contributed by atoms with Crippen LogP contribution in [0, 0.1) is 0 Å². The molecule has 0 saturated carbocycles. The molecule has 0 radical (unpaired) electrons. The van der Waals surface area contributed by atoms with Crippen molar-refractivity contribution in [1.29, 1.82) is 0 Å². The number of carbonyl (C=O) groups is 1. The van der Waals surface area contributed by atoms with E-state index in [9.17, 15) is 4.79 Å². The Kier molecular flexibility index (Phi) is 8.72. The second-order valence-electron chi connectivity index (χ2n) is 7.17. The second-order valence-corrected chi connectivity index (χ2v) is 8.09. The second kappa shape index (κ2) is 10.6. The number of Topliss-reactive ketones (excluding diaryl/α,β-unsaturated/α-hetero) is 1. The predicted octanol–water partition coefficient (Wildman–Crippen LogP) is 6.11. The summed E-state index contributed by atoms with van der Waals surface area (Å²) in [6.07, 6.45) is 0. The Morgan fingerprint density at radius 3 is 2.19 bits per heavy atom. The maximum absolute atomic E-state index is 12.7. The van der Waals surface area contributed by atoms with Gasteiger partial charge in [0.15, 0.2) is 5.78 Å². The summed E-state index contributed by atoms with van der Waals surface area (Å²) in [7, 11) is 0. The minimum absolute atomic E-state index is 0. The van der Waals surface area contributed by atoms with Gasteiger partial charge in [-0.15, -0.1) is 24.8 Å². The fraction of sp³-hybridized carbons (Fsp3) is 0.304. The molecule has 0 fully saturated rings. The van der Waals surface area contributed by atoms with Crippen LogP contribution in [0.4, 0.5) is 0 Å². The molecule has 0 atom stereocenters. The van der Waals surface area contributed by atoms with Gasteiger partial charge in [-0.05, 0) is 37.4 Å². The summed E-state index contributed by atoms with van der Waals surface area (Å²) in [4.78, 5) is 20.1. The summed E-state index contributed by atoms with van der Waals surface area (Å²) in [5, 5.41) is 0. The predicted molar refractivity (Wildman–Crippen MR) is 136 cm³/mol. The van der Waals surface area contributed by atoms with Crippen molar-refractivity contribution >= 4 is 63.3 Å². The van der Waals surface area contributed by atoms with E-state index in [2.05, 4.69) is 51.4 Å². The van der Waals surface area contributed by atoms with Crippen LogP contribution in [-0.2, 0) is 6.54 Å². The van der Waals surface area contributed by atoms with Crippen LogP contribution in [0.5, 0.6) is 0 Å². The fourth-order valence-corrected chi connectivity index (χ4v) is 4.21. The van der Waals surface area contributed by atoms with Crippen LogP contribution in [-0.4, -0.2) is 44.3 Å². The minimum Gasteiger partial charge on any atom is -0.308 e. The Hall–Kier alpha value is -1.86. The molecule has 0 aliphatic rings. The lowest BCUT2D eigenvalue weighted by Gasteiger charge is -2.18. The van der Waals surface area contributed by atoms with Crippen molar-refractivity contribution < 1.29 is 4.79 Å². The number of nitrogens with zero attached hydrogens (tertiary/aromatic N) is 4. The summed E-state index contributed by atoms with van der Waals surface area (Å²) >= 11 is 3.48. The highest BCUT2D eigenvalue weighted by atomic mass is 79.9. The molecule has 0 bridgehead atoms. The van der Waals surface area contributed by atoms with Crippen LogP contribution in [0.2, 0.25) is 0 Å². The largest absolute Gasteiger partial charge is 0.308 e. The van der Waals surface area contributed by atoms with E-state index in [1.807, 2.05) is 40.8 Å². The SMILES string of the molecule is CCN(CC)CCn1c2ccccc2n2c(C(C)=O)c(-c3ccc(Br)cc3)nc12.Cl.Cl. The van der Waals surface area contributed by atoms with Gasteiger partial charge in [-0.25, -0.2) is 4.98 Å². The van der Waals surface area contributed by atoms with Gasteiger partial charge < -0.3 is 9.47 Å². The van der Waals surface area contributed by atoms with E-state index < -0.39 is 0 Å². The highest BCUT2D eigenvalue weighted by Crippen LogP contribution is 2.31. The summed E-state index contributed by atoms with van der Waals surface area (Å²) in [5.41, 5.74) is 4.44. The molecular formula is C23H27BrCl2N4O. The third-order valence-corrected chi connectivity index (χ3v) is 6.03. The van der Waals surface area contributed by atoms with Crippen LogP contribution in [0.1, 0.15) is 31.3 Å². The molecule has 8 heteroatoms. The molecule has 2 heterocycles. The van der Waals surface area contributed by atoms with Gasteiger partial charge in [-0.1, -0.05) is 54.0 Å². The molecule has 2 aromatic heterocycles. The molecule has 5 nitrogen and oxygen atoms in total. The molecule has 31 heavy (non-hydrogen) atoms. The van der Waals surface area contributed by atoms with E-state index in [4.69, 9.17) is 4.98 Å². The van der Waals surface area contributed by atoms with Gasteiger partial charge in [0.2, 0.25) is 5.78 Å². The van der Waals surface area contributed by atoms with Crippen molar-refractivity contribution in [1.82, 2.24) is 18.9 Å². The van der Waals surface area contributed by atoms with Gasteiger partial charge in [-0.3, -0.25) is 9.20 Å². The highest BCUT2D eigenvalue weighted by molar-refractivity contribution is 9.10. The number of para-hydroxylation sites is 2. The van der Waals surface area contributed by atoms with E-state index in [0.717, 1.165) is 58.7 Å². The molecule has 0 N–H and O–H groups in total. The molecule has 4 aromatic rings. The number of hydrogen-bond acceptors (Lipinski definition) is 3. The zero-order valence-electron chi connectivity index (χ0n) is 17.8. The average Bonchev–Trinajstić information content (AvgIpc) is 3.25. The molecule has 0 spiro atoms. The zero-order valence-corrected chi connectivity index (χ0v) is 21.1. The number of halogens is 3. The summed E-state index contributed by atoms with van der Waals surface area (Å²) in [6, 6.07) is 16.2. The van der Waals surface area contributed by atoms with Gasteiger partial charge >= 0.3 is 0 Å². The lowest BCUT2D eigenvalue weighted by molar-refractivity contribution is 0.101. The first-order valence-electron chi connectivity index (χ1n) is 10.0. The van der Waals surface area contributed by atoms with Crippen LogP contribution < -0.4 is 0 Å². The van der Waals surface area contributed by atoms with Gasteiger partial charge in [0.1, 0.15) is 11.4 Å². The van der Waals surface area contributed by atoms with Crippen LogP contribution >= 0.6 is 40.7 Å². The van der Waals surface area contributed by atoms with Crippen molar-refractivity contribution in [2.45, 2.75) is 27.3 Å². The molecule has 0 unspecified atom stereocenters. The minimum atomic E-state index is 0. The maximum atomic E-state index is 12.7. The Labute approximate surface area is 203 Å². The number of hydrogen-bond donors (Lipinski definition) is 0. The van der Waals surface area contributed by atoms with Crippen LogP contribution in [0.25, 0.3) is 28.1 Å². The van der Waals surface area contributed by atoms with E-state index in [1.54, 1.807) is 6.92 Å². The van der Waals surface area contributed by atoms with Crippen molar-refractivity contribution in [3.8, 4) is 11.3 Å². The monoisotopic (exact) mass is 524 g/mol. The Morgan fingerprint density at radius 1 is 1.00 bits per heavy atom. The Balaban J connectivity index is 0.00000171. The molecule has 2 aromatic carbocycles. The van der Waals surface area contributed by atoms with Gasteiger partial charge in [0, 0.05) is 30.0 Å². The molecule has 166 valence electrons. The number of carbonyl (C=O) groups excluding carboxylic acids is 1. The molecule has 0 aliphatic heterocycles. The first-order chi connectivity index (χ1) is 14.0. The standard InChI is InChI=1S/C23H25BrN4O.2ClH/c1-4-26(5-2)14-15-27-19-8-6-7-9-20(19)28-22(16(3)29)21(25-23(27)28)17-10-12-18(24)13-11-17;;/h6-13H,4-5,14-15H2,1-3H3;2*1H.